The fourth-order valence-electron chi connectivity index (χ4n) is 2.96. The lowest BCUT2D eigenvalue weighted by Crippen LogP contribution is -2.22. The standard InChI is InChI=1S/C22H14Cl2N2O4S/c23-13-2-5-15(6-3-13)26-21(30)16-7-4-14(24)10-17(16)25-22(26)31-11-20(29)12-1-8-18(27)19(28)9-12/h1-10,27-28H,11H2. The zero-order chi connectivity index (χ0) is 22.1. The van der Waals surface area contributed by atoms with Gasteiger partial charge in [0.25, 0.3) is 5.56 Å². The fourth-order valence-corrected chi connectivity index (χ4v) is 4.16. The van der Waals surface area contributed by atoms with E-state index >= 15 is 0 Å². The monoisotopic (exact) mass is 472 g/mol. The number of aromatic nitrogens is 2. The number of benzene rings is 3. The minimum absolute atomic E-state index is 0.0453. The van der Waals surface area contributed by atoms with E-state index in [-0.39, 0.29) is 34.2 Å². The molecule has 4 aromatic rings. The zero-order valence-corrected chi connectivity index (χ0v) is 18.1. The molecule has 0 atom stereocenters. The van der Waals surface area contributed by atoms with Gasteiger partial charge in [-0.2, -0.15) is 0 Å². The lowest BCUT2D eigenvalue weighted by molar-refractivity contribution is 0.102. The number of phenolic OH excluding ortho intramolecular Hbond substituents is 2. The average Bonchev–Trinajstić information content (AvgIpc) is 2.74. The minimum Gasteiger partial charge on any atom is -0.504 e. The SMILES string of the molecule is O=C(CSc1nc2cc(Cl)ccc2c(=O)n1-c1ccc(Cl)cc1)c1ccc(O)c(O)c1. The number of thioether (sulfide) groups is 1. The summed E-state index contributed by atoms with van der Waals surface area (Å²) in [6.45, 7) is 0. The molecule has 0 aliphatic carbocycles. The Morgan fingerprint density at radius 3 is 2.35 bits per heavy atom. The summed E-state index contributed by atoms with van der Waals surface area (Å²) < 4.78 is 1.42. The van der Waals surface area contributed by atoms with Crippen molar-refractivity contribution in [3.63, 3.8) is 0 Å². The van der Waals surface area contributed by atoms with Crippen LogP contribution in [-0.4, -0.2) is 31.3 Å². The molecular weight excluding hydrogens is 459 g/mol. The molecule has 0 aliphatic heterocycles. The first kappa shape index (κ1) is 21.2. The summed E-state index contributed by atoms with van der Waals surface area (Å²) in [7, 11) is 0. The normalized spacial score (nSPS) is 11.0. The molecule has 0 unspecified atom stereocenters. The third kappa shape index (κ3) is 4.39. The van der Waals surface area contributed by atoms with Crippen LogP contribution in [-0.2, 0) is 0 Å². The number of Topliss-reactive ketones (excluding diaryl/α,β-unsaturated/α-hetero) is 1. The lowest BCUT2D eigenvalue weighted by Gasteiger charge is -2.13. The van der Waals surface area contributed by atoms with Crippen molar-refractivity contribution in [1.29, 1.82) is 0 Å². The van der Waals surface area contributed by atoms with Crippen molar-refractivity contribution in [2.45, 2.75) is 5.16 Å². The maximum Gasteiger partial charge on any atom is 0.266 e. The topological polar surface area (TPSA) is 92.4 Å². The molecular formula is C22H14Cl2N2O4S. The number of hydrogen-bond acceptors (Lipinski definition) is 6. The van der Waals surface area contributed by atoms with Crippen molar-refractivity contribution in [3.8, 4) is 17.2 Å². The number of carbonyl (C=O) groups excluding carboxylic acids is 1. The van der Waals surface area contributed by atoms with Gasteiger partial charge < -0.3 is 10.2 Å². The van der Waals surface area contributed by atoms with Gasteiger partial charge in [0.2, 0.25) is 0 Å². The van der Waals surface area contributed by atoms with Crippen LogP contribution in [0.5, 0.6) is 11.5 Å². The highest BCUT2D eigenvalue weighted by Gasteiger charge is 2.16. The first-order chi connectivity index (χ1) is 14.8. The molecule has 4 rings (SSSR count). The Morgan fingerprint density at radius 1 is 0.935 bits per heavy atom. The van der Waals surface area contributed by atoms with Crippen molar-refractivity contribution < 1.29 is 15.0 Å². The van der Waals surface area contributed by atoms with Crippen LogP contribution in [0, 0.1) is 0 Å². The fraction of sp³-hybridized carbons (Fsp3) is 0.0455. The Hall–Kier alpha value is -3.00. The number of nitrogens with zero attached hydrogens (tertiary/aromatic N) is 2. The van der Waals surface area contributed by atoms with E-state index in [2.05, 4.69) is 4.98 Å². The number of aromatic hydroxyl groups is 2. The van der Waals surface area contributed by atoms with Crippen LogP contribution in [0.1, 0.15) is 10.4 Å². The van der Waals surface area contributed by atoms with E-state index in [1.54, 1.807) is 42.5 Å². The maximum atomic E-state index is 13.2. The van der Waals surface area contributed by atoms with Gasteiger partial charge in [-0.3, -0.25) is 14.2 Å². The molecule has 0 radical (unpaired) electrons. The van der Waals surface area contributed by atoms with Crippen LogP contribution in [0.25, 0.3) is 16.6 Å². The van der Waals surface area contributed by atoms with Gasteiger partial charge in [0.05, 0.1) is 22.3 Å². The van der Waals surface area contributed by atoms with Gasteiger partial charge in [-0.25, -0.2) is 4.98 Å². The van der Waals surface area contributed by atoms with E-state index in [0.717, 1.165) is 11.8 Å². The molecule has 1 heterocycles. The predicted octanol–water partition coefficient (Wildman–Crippen LogP) is 5.08. The van der Waals surface area contributed by atoms with Gasteiger partial charge in [-0.05, 0) is 60.7 Å². The van der Waals surface area contributed by atoms with Gasteiger partial charge in [-0.1, -0.05) is 35.0 Å². The van der Waals surface area contributed by atoms with Gasteiger partial charge in [0.1, 0.15) is 0 Å². The minimum atomic E-state index is -0.382. The highest BCUT2D eigenvalue weighted by Crippen LogP contribution is 2.27. The van der Waals surface area contributed by atoms with Crippen molar-refractivity contribution >= 4 is 51.6 Å². The molecule has 156 valence electrons. The van der Waals surface area contributed by atoms with Gasteiger partial charge >= 0.3 is 0 Å². The highest BCUT2D eigenvalue weighted by molar-refractivity contribution is 7.99. The maximum absolute atomic E-state index is 13.2. The number of phenols is 2. The third-order valence-electron chi connectivity index (χ3n) is 4.52. The van der Waals surface area contributed by atoms with Crippen LogP contribution in [0.3, 0.4) is 0 Å². The molecule has 0 bridgehead atoms. The third-order valence-corrected chi connectivity index (χ3v) is 5.94. The van der Waals surface area contributed by atoms with Crippen molar-refractivity contribution in [3.05, 3.63) is 86.6 Å². The molecule has 0 spiro atoms. The molecule has 0 fully saturated rings. The van der Waals surface area contributed by atoms with Gasteiger partial charge in [0, 0.05) is 15.6 Å². The Morgan fingerprint density at radius 2 is 1.65 bits per heavy atom. The number of carbonyl (C=O) groups is 1. The van der Waals surface area contributed by atoms with Gasteiger partial charge in [-0.15, -0.1) is 0 Å². The van der Waals surface area contributed by atoms with Gasteiger partial charge in [0.15, 0.2) is 22.4 Å². The zero-order valence-electron chi connectivity index (χ0n) is 15.8. The largest absolute Gasteiger partial charge is 0.504 e. The molecule has 0 amide bonds. The van der Waals surface area contributed by atoms with Crippen LogP contribution < -0.4 is 5.56 Å². The molecule has 31 heavy (non-hydrogen) atoms. The second-order valence-corrected chi connectivity index (χ2v) is 8.40. The quantitative estimate of drug-likeness (QED) is 0.182. The molecule has 0 saturated carbocycles. The second-order valence-electron chi connectivity index (χ2n) is 6.59. The summed E-state index contributed by atoms with van der Waals surface area (Å²) in [5.74, 6) is -1.04. The summed E-state index contributed by atoms with van der Waals surface area (Å²) in [5, 5.41) is 20.7. The molecule has 9 heteroatoms. The van der Waals surface area contributed by atoms with Crippen molar-refractivity contribution in [2.24, 2.45) is 0 Å². The number of halogens is 2. The van der Waals surface area contributed by atoms with E-state index in [4.69, 9.17) is 23.2 Å². The van der Waals surface area contributed by atoms with E-state index in [0.29, 0.717) is 31.8 Å². The molecule has 2 N–H and O–H groups in total. The van der Waals surface area contributed by atoms with E-state index in [1.165, 1.54) is 22.8 Å². The van der Waals surface area contributed by atoms with E-state index < -0.39 is 0 Å². The highest BCUT2D eigenvalue weighted by atomic mass is 35.5. The van der Waals surface area contributed by atoms with Crippen molar-refractivity contribution in [1.82, 2.24) is 9.55 Å². The Balaban J connectivity index is 1.76. The van der Waals surface area contributed by atoms with Crippen LogP contribution in [0.2, 0.25) is 10.0 Å². The Labute approximate surface area is 190 Å². The van der Waals surface area contributed by atoms with Crippen LogP contribution >= 0.6 is 35.0 Å². The average molecular weight is 473 g/mol. The smallest absolute Gasteiger partial charge is 0.266 e. The summed E-state index contributed by atoms with van der Waals surface area (Å²) >= 11 is 13.1. The first-order valence-corrected chi connectivity index (χ1v) is 10.7. The number of ketones is 1. The van der Waals surface area contributed by atoms with E-state index in [9.17, 15) is 19.8 Å². The summed E-state index contributed by atoms with van der Waals surface area (Å²) in [6, 6.07) is 15.4. The Bertz CT molecular complexity index is 1370. The molecule has 1 aromatic heterocycles. The predicted molar refractivity (Wildman–Crippen MR) is 122 cm³/mol. The first-order valence-electron chi connectivity index (χ1n) is 9.00. The van der Waals surface area contributed by atoms with E-state index in [1.807, 2.05) is 0 Å². The molecule has 3 aromatic carbocycles. The second kappa shape index (κ2) is 8.63. The number of fused-ring (bicyclic) bond motifs is 1. The summed E-state index contributed by atoms with van der Waals surface area (Å²) in [4.78, 5) is 30.4. The molecule has 0 aliphatic rings. The Kier molecular flexibility index (Phi) is 5.91. The van der Waals surface area contributed by atoms with Crippen molar-refractivity contribution in [2.75, 3.05) is 5.75 Å². The number of hydrogen-bond donors (Lipinski definition) is 2. The van der Waals surface area contributed by atoms with Crippen LogP contribution in [0.4, 0.5) is 0 Å². The molecule has 6 nitrogen and oxygen atoms in total. The summed E-state index contributed by atoms with van der Waals surface area (Å²) in [5.41, 5.74) is 0.893. The number of rotatable bonds is 5. The summed E-state index contributed by atoms with van der Waals surface area (Å²) in [6.07, 6.45) is 0. The van der Waals surface area contributed by atoms with Crippen LogP contribution in [0.15, 0.2) is 70.6 Å². The molecule has 0 saturated heterocycles. The lowest BCUT2D eigenvalue weighted by atomic mass is 10.1.